The van der Waals surface area contributed by atoms with E-state index in [2.05, 4.69) is 17.1 Å². The average molecular weight is 286 g/mol. The lowest BCUT2D eigenvalue weighted by atomic mass is 10.2. The first-order chi connectivity index (χ1) is 10.2. The number of aromatic nitrogens is 1. The monoisotopic (exact) mass is 286 g/mol. The third-order valence-electron chi connectivity index (χ3n) is 3.02. The predicted molar refractivity (Wildman–Crippen MR) is 79.0 cm³/mol. The van der Waals surface area contributed by atoms with E-state index in [-0.39, 0.29) is 5.91 Å². The van der Waals surface area contributed by atoms with Crippen LogP contribution in [0, 0.1) is 0 Å². The lowest BCUT2D eigenvalue weighted by Gasteiger charge is -2.13. The Morgan fingerprint density at radius 1 is 1.19 bits per heavy atom. The molecule has 0 aliphatic carbocycles. The molecule has 0 aliphatic heterocycles. The Hall–Kier alpha value is -2.40. The molecule has 2 rings (SSSR count). The molecule has 0 aliphatic rings. The molecule has 21 heavy (non-hydrogen) atoms. The summed E-state index contributed by atoms with van der Waals surface area (Å²) in [6.45, 7) is 0.566. The SMILES string of the molecule is CON(C)C(=O)c1ccc(OCCc2ccccc2)cn1. The van der Waals surface area contributed by atoms with E-state index in [0.29, 0.717) is 18.1 Å². The molecule has 5 heteroatoms. The number of amides is 1. The van der Waals surface area contributed by atoms with Crippen LogP contribution in [0.3, 0.4) is 0 Å². The van der Waals surface area contributed by atoms with E-state index in [1.807, 2.05) is 18.2 Å². The second-order valence-electron chi connectivity index (χ2n) is 4.45. The number of carbonyl (C=O) groups is 1. The first-order valence-electron chi connectivity index (χ1n) is 6.65. The Kier molecular flexibility index (Phi) is 5.29. The number of hydroxylamine groups is 2. The Morgan fingerprint density at radius 2 is 1.95 bits per heavy atom. The number of pyridine rings is 1. The largest absolute Gasteiger partial charge is 0.492 e. The average Bonchev–Trinajstić information content (AvgIpc) is 2.55. The number of hydrogen-bond donors (Lipinski definition) is 0. The van der Waals surface area contributed by atoms with Gasteiger partial charge < -0.3 is 4.74 Å². The third-order valence-corrected chi connectivity index (χ3v) is 3.02. The van der Waals surface area contributed by atoms with Gasteiger partial charge in [-0.2, -0.15) is 0 Å². The summed E-state index contributed by atoms with van der Waals surface area (Å²) < 4.78 is 5.61. The molecule has 0 radical (unpaired) electrons. The van der Waals surface area contributed by atoms with Gasteiger partial charge in [0, 0.05) is 13.5 Å². The molecule has 1 aromatic heterocycles. The summed E-state index contributed by atoms with van der Waals surface area (Å²) >= 11 is 0. The second-order valence-corrected chi connectivity index (χ2v) is 4.45. The van der Waals surface area contributed by atoms with Gasteiger partial charge in [0.15, 0.2) is 0 Å². The number of ether oxygens (including phenoxy) is 1. The maximum absolute atomic E-state index is 11.8. The third kappa shape index (κ3) is 4.29. The fourth-order valence-electron chi connectivity index (χ4n) is 1.77. The zero-order valence-electron chi connectivity index (χ0n) is 12.2. The Labute approximate surface area is 124 Å². The minimum Gasteiger partial charge on any atom is -0.492 e. The van der Waals surface area contributed by atoms with Crippen LogP contribution in [0.4, 0.5) is 0 Å². The van der Waals surface area contributed by atoms with Crippen LogP contribution in [0.2, 0.25) is 0 Å². The molecule has 0 spiro atoms. The molecule has 0 unspecified atom stereocenters. The Bertz CT molecular complexity index is 570. The highest BCUT2D eigenvalue weighted by Gasteiger charge is 2.12. The molecule has 1 amide bonds. The summed E-state index contributed by atoms with van der Waals surface area (Å²) in [6.07, 6.45) is 2.37. The number of nitrogens with zero attached hydrogens (tertiary/aromatic N) is 2. The maximum atomic E-state index is 11.8. The lowest BCUT2D eigenvalue weighted by molar-refractivity contribution is -0.0760. The van der Waals surface area contributed by atoms with Gasteiger partial charge in [0.1, 0.15) is 11.4 Å². The summed E-state index contributed by atoms with van der Waals surface area (Å²) in [5.41, 5.74) is 1.54. The van der Waals surface area contributed by atoms with Crippen LogP contribution in [0.25, 0.3) is 0 Å². The van der Waals surface area contributed by atoms with E-state index in [1.54, 1.807) is 18.3 Å². The molecule has 0 bridgehead atoms. The van der Waals surface area contributed by atoms with Gasteiger partial charge in [0.2, 0.25) is 0 Å². The van der Waals surface area contributed by atoms with Crippen molar-refractivity contribution in [3.63, 3.8) is 0 Å². The minimum atomic E-state index is -0.298. The van der Waals surface area contributed by atoms with E-state index in [1.165, 1.54) is 19.7 Å². The van der Waals surface area contributed by atoms with Crippen molar-refractivity contribution in [1.82, 2.24) is 10.0 Å². The van der Waals surface area contributed by atoms with Crippen LogP contribution < -0.4 is 4.74 Å². The van der Waals surface area contributed by atoms with E-state index in [9.17, 15) is 4.79 Å². The molecule has 5 nitrogen and oxygen atoms in total. The molecule has 0 saturated heterocycles. The first-order valence-corrected chi connectivity index (χ1v) is 6.65. The summed E-state index contributed by atoms with van der Waals surface area (Å²) in [6, 6.07) is 13.5. The van der Waals surface area contributed by atoms with Crippen molar-refractivity contribution < 1.29 is 14.4 Å². The van der Waals surface area contributed by atoms with Crippen LogP contribution in [-0.2, 0) is 11.3 Å². The van der Waals surface area contributed by atoms with Gasteiger partial charge in [0.05, 0.1) is 19.9 Å². The van der Waals surface area contributed by atoms with Gasteiger partial charge in [-0.3, -0.25) is 9.63 Å². The first kappa shape index (κ1) is 15.0. The molecule has 1 heterocycles. The molecular formula is C16H18N2O3. The number of carbonyl (C=O) groups excluding carboxylic acids is 1. The van der Waals surface area contributed by atoms with Crippen LogP contribution in [0.1, 0.15) is 16.1 Å². The van der Waals surface area contributed by atoms with Crippen LogP contribution in [-0.4, -0.2) is 36.7 Å². The highest BCUT2D eigenvalue weighted by atomic mass is 16.7. The number of rotatable bonds is 6. The summed E-state index contributed by atoms with van der Waals surface area (Å²) in [5, 5.41) is 1.12. The molecule has 1 aromatic carbocycles. The van der Waals surface area contributed by atoms with E-state index in [4.69, 9.17) is 9.57 Å². The standard InChI is InChI=1S/C16H18N2O3/c1-18(20-2)16(19)15-9-8-14(12-17-15)21-11-10-13-6-4-3-5-7-13/h3-9,12H,10-11H2,1-2H3. The van der Waals surface area contributed by atoms with Crippen molar-refractivity contribution >= 4 is 5.91 Å². The van der Waals surface area contributed by atoms with Crippen LogP contribution in [0.5, 0.6) is 5.75 Å². The summed E-state index contributed by atoms with van der Waals surface area (Å²) in [7, 11) is 2.97. The van der Waals surface area contributed by atoms with E-state index in [0.717, 1.165) is 11.5 Å². The summed E-state index contributed by atoms with van der Waals surface area (Å²) in [4.78, 5) is 20.7. The fraction of sp³-hybridized carbons (Fsp3) is 0.250. The van der Waals surface area contributed by atoms with Gasteiger partial charge in [-0.25, -0.2) is 10.0 Å². The highest BCUT2D eigenvalue weighted by Crippen LogP contribution is 2.11. The van der Waals surface area contributed by atoms with Gasteiger partial charge in [-0.15, -0.1) is 0 Å². The molecular weight excluding hydrogens is 268 g/mol. The molecule has 0 fully saturated rings. The molecule has 0 N–H and O–H groups in total. The van der Waals surface area contributed by atoms with Gasteiger partial charge >= 0.3 is 0 Å². The van der Waals surface area contributed by atoms with Gasteiger partial charge in [-0.05, 0) is 17.7 Å². The highest BCUT2D eigenvalue weighted by molar-refractivity contribution is 5.91. The van der Waals surface area contributed by atoms with Crippen molar-refractivity contribution in [2.45, 2.75) is 6.42 Å². The quantitative estimate of drug-likeness (QED) is 0.765. The van der Waals surface area contributed by atoms with E-state index < -0.39 is 0 Å². The smallest absolute Gasteiger partial charge is 0.295 e. The lowest BCUT2D eigenvalue weighted by Crippen LogP contribution is -2.26. The van der Waals surface area contributed by atoms with Crippen molar-refractivity contribution in [3.8, 4) is 5.75 Å². The van der Waals surface area contributed by atoms with E-state index >= 15 is 0 Å². The van der Waals surface area contributed by atoms with Gasteiger partial charge in [0.25, 0.3) is 5.91 Å². The number of benzene rings is 1. The Balaban J connectivity index is 1.86. The second kappa shape index (κ2) is 7.40. The maximum Gasteiger partial charge on any atom is 0.295 e. The zero-order chi connectivity index (χ0) is 15.1. The molecule has 0 atom stereocenters. The zero-order valence-corrected chi connectivity index (χ0v) is 12.2. The fourth-order valence-corrected chi connectivity index (χ4v) is 1.77. The van der Waals surface area contributed by atoms with Crippen molar-refractivity contribution in [2.24, 2.45) is 0 Å². The molecule has 110 valence electrons. The topological polar surface area (TPSA) is 51.7 Å². The van der Waals surface area contributed by atoms with Crippen molar-refractivity contribution in [1.29, 1.82) is 0 Å². The summed E-state index contributed by atoms with van der Waals surface area (Å²) in [5.74, 6) is 0.343. The molecule has 2 aromatic rings. The van der Waals surface area contributed by atoms with Crippen LogP contribution in [0.15, 0.2) is 48.7 Å². The normalized spacial score (nSPS) is 10.2. The van der Waals surface area contributed by atoms with Crippen molar-refractivity contribution in [3.05, 3.63) is 59.9 Å². The van der Waals surface area contributed by atoms with Gasteiger partial charge in [-0.1, -0.05) is 30.3 Å². The Morgan fingerprint density at radius 3 is 2.57 bits per heavy atom. The van der Waals surface area contributed by atoms with Crippen LogP contribution >= 0.6 is 0 Å². The number of hydrogen-bond acceptors (Lipinski definition) is 4. The molecule has 0 saturated carbocycles. The van der Waals surface area contributed by atoms with Crippen molar-refractivity contribution in [2.75, 3.05) is 20.8 Å². The minimum absolute atomic E-state index is 0.298. The predicted octanol–water partition coefficient (Wildman–Crippen LogP) is 2.34.